The van der Waals surface area contributed by atoms with Crippen LogP contribution < -0.4 is 5.73 Å². The molecule has 0 fully saturated rings. The van der Waals surface area contributed by atoms with Crippen LogP contribution in [0.3, 0.4) is 0 Å². The first-order valence-corrected chi connectivity index (χ1v) is 12.9. The first-order valence-electron chi connectivity index (χ1n) is 9.05. The number of carbonyl (C=O) groups is 1. The summed E-state index contributed by atoms with van der Waals surface area (Å²) in [4.78, 5) is 11.3. The molecule has 0 heterocycles. The van der Waals surface area contributed by atoms with E-state index in [9.17, 15) is 4.79 Å². The summed E-state index contributed by atoms with van der Waals surface area (Å²) in [7, 11) is 5.26. The van der Waals surface area contributed by atoms with E-state index in [1.54, 1.807) is 27.5 Å². The fourth-order valence-electron chi connectivity index (χ4n) is 2.13. The van der Waals surface area contributed by atoms with Gasteiger partial charge < -0.3 is 10.5 Å². The lowest BCUT2D eigenvalue weighted by atomic mass is 10.1. The molecule has 3 nitrogen and oxygen atoms in total. The van der Waals surface area contributed by atoms with Gasteiger partial charge in [-0.15, -0.1) is 0 Å². The lowest BCUT2D eigenvalue weighted by Crippen LogP contribution is -2.34. The van der Waals surface area contributed by atoms with E-state index in [4.69, 9.17) is 10.5 Å². The Balaban J connectivity index is 3.14. The fourth-order valence-corrected chi connectivity index (χ4v) is 6.02. The average molecular weight is 382 g/mol. The maximum atomic E-state index is 11.3. The predicted octanol–water partition coefficient (Wildman–Crippen LogP) is 5.83. The summed E-state index contributed by atoms with van der Waals surface area (Å²) >= 11 is 0. The van der Waals surface area contributed by atoms with E-state index in [0.29, 0.717) is 12.4 Å². The quantitative estimate of drug-likeness (QED) is 0.194. The van der Waals surface area contributed by atoms with Crippen LogP contribution in [0.4, 0.5) is 0 Å². The highest BCUT2D eigenvalue weighted by Gasteiger charge is 2.14. The van der Waals surface area contributed by atoms with Crippen LogP contribution in [-0.4, -0.2) is 30.1 Å². The molecule has 0 rings (SSSR count). The largest absolute Gasteiger partial charge is 0.465 e. The third-order valence-corrected chi connectivity index (χ3v) is 7.88. The number of esters is 1. The van der Waals surface area contributed by atoms with Gasteiger partial charge in [0.1, 0.15) is 6.04 Å². The summed E-state index contributed by atoms with van der Waals surface area (Å²) in [5, 5.41) is 0. The predicted molar refractivity (Wildman–Crippen MR) is 109 cm³/mol. The van der Waals surface area contributed by atoms with Crippen molar-refractivity contribution in [1.82, 2.24) is 0 Å². The van der Waals surface area contributed by atoms with E-state index in [-0.39, 0.29) is 5.97 Å². The van der Waals surface area contributed by atoms with Crippen LogP contribution in [0.2, 0.25) is 0 Å². The number of rotatable bonds is 17. The summed E-state index contributed by atoms with van der Waals surface area (Å²) in [5.74, 6) is 1.51. The molecule has 0 aromatic heterocycles. The number of nitrogens with two attached hydrogens (primary N) is 1. The summed E-state index contributed by atoms with van der Waals surface area (Å²) in [5.41, 5.74) is 5.73. The van der Waals surface area contributed by atoms with E-state index in [0.717, 1.165) is 0 Å². The Morgan fingerprint density at radius 3 is 2.04 bits per heavy atom. The number of ether oxygens (including phenoxy) is 1. The van der Waals surface area contributed by atoms with Crippen LogP contribution >= 0.6 is 31.4 Å². The lowest BCUT2D eigenvalue weighted by Gasteiger charge is -2.09. The summed E-state index contributed by atoms with van der Waals surface area (Å²) in [6, 6.07) is -0.495. The molecule has 0 aliphatic carbocycles. The van der Waals surface area contributed by atoms with Gasteiger partial charge in [-0.2, -0.15) is 0 Å². The molecule has 0 aromatic carbocycles. The third-order valence-electron chi connectivity index (χ3n) is 3.51. The van der Waals surface area contributed by atoms with Gasteiger partial charge in [0.15, 0.2) is 0 Å². The van der Waals surface area contributed by atoms with E-state index in [1.165, 1.54) is 70.0 Å². The summed E-state index contributed by atoms with van der Waals surface area (Å²) in [6.45, 7) is 4.47. The molecule has 0 saturated heterocycles. The van der Waals surface area contributed by atoms with Crippen molar-refractivity contribution >= 4 is 37.4 Å². The molecule has 1 atom stereocenters. The Kier molecular flexibility index (Phi) is 19.2. The zero-order valence-electron chi connectivity index (χ0n) is 14.9. The second-order valence-corrected chi connectivity index (χ2v) is 10.1. The Bertz CT molecular complexity index is 268. The zero-order chi connectivity index (χ0) is 17.2. The molecule has 0 radical (unpaired) electrons. The second kappa shape index (κ2) is 18.8. The van der Waals surface area contributed by atoms with Crippen molar-refractivity contribution < 1.29 is 9.53 Å². The molecular formula is C17H35NO2S3. The molecule has 6 heteroatoms. The maximum absolute atomic E-state index is 11.3. The van der Waals surface area contributed by atoms with Crippen LogP contribution in [0.25, 0.3) is 0 Å². The molecule has 138 valence electrons. The zero-order valence-corrected chi connectivity index (χ0v) is 17.3. The maximum Gasteiger partial charge on any atom is 0.323 e. The van der Waals surface area contributed by atoms with Crippen LogP contribution in [0.15, 0.2) is 0 Å². The monoisotopic (exact) mass is 381 g/mol. The van der Waals surface area contributed by atoms with Crippen molar-refractivity contribution in [1.29, 1.82) is 0 Å². The highest BCUT2D eigenvalue weighted by atomic mass is 33.5. The number of unbranched alkanes of at least 4 members (excludes halogenated alkanes) is 9. The molecular weight excluding hydrogens is 346 g/mol. The van der Waals surface area contributed by atoms with Crippen molar-refractivity contribution in [2.45, 2.75) is 84.1 Å². The van der Waals surface area contributed by atoms with Gasteiger partial charge in [0.25, 0.3) is 0 Å². The highest BCUT2D eigenvalue weighted by molar-refractivity contribution is 9.09. The minimum atomic E-state index is -0.495. The van der Waals surface area contributed by atoms with Crippen molar-refractivity contribution in [3.8, 4) is 0 Å². The van der Waals surface area contributed by atoms with Gasteiger partial charge in [0.05, 0.1) is 6.61 Å². The normalized spacial score (nSPS) is 12.3. The van der Waals surface area contributed by atoms with Gasteiger partial charge in [-0.25, -0.2) is 0 Å². The summed E-state index contributed by atoms with van der Waals surface area (Å²) < 4.78 is 4.88. The molecule has 0 saturated carbocycles. The molecule has 0 amide bonds. The average Bonchev–Trinajstić information content (AvgIpc) is 2.55. The van der Waals surface area contributed by atoms with E-state index in [2.05, 4.69) is 6.92 Å². The van der Waals surface area contributed by atoms with Gasteiger partial charge in [-0.3, -0.25) is 4.79 Å². The smallest absolute Gasteiger partial charge is 0.323 e. The molecule has 0 bridgehead atoms. The van der Waals surface area contributed by atoms with Crippen molar-refractivity contribution in [2.24, 2.45) is 5.73 Å². The van der Waals surface area contributed by atoms with Crippen LogP contribution in [0.1, 0.15) is 78.1 Å². The van der Waals surface area contributed by atoms with Gasteiger partial charge >= 0.3 is 5.97 Å². The molecule has 0 spiro atoms. The minimum Gasteiger partial charge on any atom is -0.465 e. The number of hydrogen-bond acceptors (Lipinski definition) is 6. The number of hydrogen-bond donors (Lipinski definition) is 1. The van der Waals surface area contributed by atoms with Crippen LogP contribution in [0.5, 0.6) is 0 Å². The van der Waals surface area contributed by atoms with Crippen molar-refractivity contribution in [2.75, 3.05) is 18.1 Å². The molecule has 0 unspecified atom stereocenters. The first-order chi connectivity index (χ1) is 11.2. The Morgan fingerprint density at radius 1 is 0.913 bits per heavy atom. The Hall–Kier alpha value is 0.480. The molecule has 2 N–H and O–H groups in total. The van der Waals surface area contributed by atoms with E-state index < -0.39 is 6.04 Å². The molecule has 0 aliphatic rings. The second-order valence-electron chi connectivity index (χ2n) is 5.72. The SMILES string of the molecule is CCCCCCCCCCCCSSSC[C@H](N)C(=O)OCC. The van der Waals surface area contributed by atoms with Crippen molar-refractivity contribution in [3.63, 3.8) is 0 Å². The van der Waals surface area contributed by atoms with Crippen molar-refractivity contribution in [3.05, 3.63) is 0 Å². The van der Waals surface area contributed by atoms with Gasteiger partial charge in [0, 0.05) is 11.5 Å². The van der Waals surface area contributed by atoms with E-state index >= 15 is 0 Å². The number of carbonyl (C=O) groups excluding carboxylic acids is 1. The van der Waals surface area contributed by atoms with Gasteiger partial charge in [0.2, 0.25) is 0 Å². The Morgan fingerprint density at radius 2 is 1.48 bits per heavy atom. The van der Waals surface area contributed by atoms with Crippen LogP contribution in [-0.2, 0) is 9.53 Å². The Labute approximate surface area is 154 Å². The van der Waals surface area contributed by atoms with Gasteiger partial charge in [-0.05, 0) is 23.2 Å². The third kappa shape index (κ3) is 17.1. The van der Waals surface area contributed by atoms with Gasteiger partial charge in [-0.1, -0.05) is 86.3 Å². The first kappa shape index (κ1) is 23.5. The molecule has 0 aromatic rings. The molecule has 0 aliphatic heterocycles. The highest BCUT2D eigenvalue weighted by Crippen LogP contribution is 2.35. The van der Waals surface area contributed by atoms with E-state index in [1.807, 2.05) is 10.8 Å². The lowest BCUT2D eigenvalue weighted by molar-refractivity contribution is -0.144. The minimum absolute atomic E-state index is 0.291. The summed E-state index contributed by atoms with van der Waals surface area (Å²) in [6.07, 6.45) is 13.8. The molecule has 23 heavy (non-hydrogen) atoms. The topological polar surface area (TPSA) is 52.3 Å². The standard InChI is InChI=1S/C17H35NO2S3/c1-3-5-6-7-8-9-10-11-12-13-14-21-23-22-15-16(18)17(19)20-4-2/h16H,3-15,18H2,1-2H3/t16-/m0/s1. The fraction of sp³-hybridized carbons (Fsp3) is 0.941. The van der Waals surface area contributed by atoms with Crippen LogP contribution in [0, 0.1) is 0 Å².